The molecule has 138 valence electrons. The van der Waals surface area contributed by atoms with Crippen LogP contribution in [0.25, 0.3) is 22.6 Å². The van der Waals surface area contributed by atoms with E-state index in [4.69, 9.17) is 0 Å². The molecule has 0 spiro atoms. The maximum Gasteiger partial charge on any atom is 0.223 e. The van der Waals surface area contributed by atoms with Crippen LogP contribution in [-0.2, 0) is 24.3 Å². The highest BCUT2D eigenvalue weighted by Gasteiger charge is 2.27. The smallest absolute Gasteiger partial charge is 0.223 e. The summed E-state index contributed by atoms with van der Waals surface area (Å²) in [6.07, 6.45) is 5.27. The molecule has 3 aromatic rings. The zero-order chi connectivity index (χ0) is 18.7. The Morgan fingerprint density at radius 3 is 2.96 bits per heavy atom. The monoisotopic (exact) mass is 378 g/mol. The lowest BCUT2D eigenvalue weighted by Crippen LogP contribution is -2.27. The first kappa shape index (κ1) is 16.7. The van der Waals surface area contributed by atoms with Gasteiger partial charge in [-0.2, -0.15) is 0 Å². The van der Waals surface area contributed by atoms with Crippen molar-refractivity contribution in [3.8, 4) is 0 Å². The number of likely N-dealkylation sites (N-methyl/N-ethyl adjacent to an activating group) is 1. The molecular weight excluding hydrogens is 356 g/mol. The van der Waals surface area contributed by atoms with Crippen LogP contribution in [0.3, 0.4) is 0 Å². The topological polar surface area (TPSA) is 50.2 Å². The van der Waals surface area contributed by atoms with E-state index in [9.17, 15) is 4.79 Å². The summed E-state index contributed by atoms with van der Waals surface area (Å²) in [5, 5.41) is 4.86. The third kappa shape index (κ3) is 2.71. The van der Waals surface area contributed by atoms with Gasteiger partial charge in [0.1, 0.15) is 0 Å². The van der Waals surface area contributed by atoms with E-state index in [-0.39, 0.29) is 5.91 Å². The number of rotatable bonds is 2. The van der Waals surface area contributed by atoms with Crippen LogP contribution >= 0.6 is 11.3 Å². The van der Waals surface area contributed by atoms with Gasteiger partial charge in [-0.3, -0.25) is 4.79 Å². The van der Waals surface area contributed by atoms with E-state index in [2.05, 4.69) is 51.9 Å². The van der Waals surface area contributed by atoms with Crippen molar-refractivity contribution in [3.05, 3.63) is 45.6 Å². The van der Waals surface area contributed by atoms with E-state index in [0.29, 0.717) is 5.13 Å². The average Bonchev–Trinajstić information content (AvgIpc) is 3.18. The van der Waals surface area contributed by atoms with Crippen LogP contribution in [0.15, 0.2) is 18.3 Å². The number of nitrogens with one attached hydrogen (secondary N) is 1. The molecule has 0 radical (unpaired) electrons. The number of anilines is 1. The van der Waals surface area contributed by atoms with E-state index >= 15 is 0 Å². The summed E-state index contributed by atoms with van der Waals surface area (Å²) in [6, 6.07) is 4.62. The quantitative estimate of drug-likeness (QED) is 0.736. The molecule has 0 bridgehead atoms. The molecule has 0 unspecified atom stereocenters. The highest BCUT2D eigenvalue weighted by atomic mass is 32.1. The number of aryl methyl sites for hydroxylation is 1. The molecule has 2 aromatic heterocycles. The lowest BCUT2D eigenvalue weighted by atomic mass is 9.99. The van der Waals surface area contributed by atoms with Crippen molar-refractivity contribution in [1.29, 1.82) is 0 Å². The van der Waals surface area contributed by atoms with Crippen LogP contribution in [-0.4, -0.2) is 34.0 Å². The van der Waals surface area contributed by atoms with Gasteiger partial charge in [0.2, 0.25) is 5.91 Å². The average molecular weight is 379 g/mol. The van der Waals surface area contributed by atoms with Crippen LogP contribution in [0.1, 0.15) is 34.2 Å². The summed E-state index contributed by atoms with van der Waals surface area (Å²) in [5.41, 5.74) is 8.19. The molecule has 5 rings (SSSR count). The number of aromatic nitrogens is 2. The van der Waals surface area contributed by atoms with E-state index < -0.39 is 0 Å². The van der Waals surface area contributed by atoms with Gasteiger partial charge in [0.05, 0.1) is 10.4 Å². The van der Waals surface area contributed by atoms with Crippen molar-refractivity contribution >= 4 is 44.9 Å². The largest absolute Gasteiger partial charge is 0.339 e. The minimum atomic E-state index is -0.0835. The van der Waals surface area contributed by atoms with Crippen molar-refractivity contribution in [1.82, 2.24) is 14.5 Å². The van der Waals surface area contributed by atoms with Gasteiger partial charge in [0, 0.05) is 50.3 Å². The highest BCUT2D eigenvalue weighted by Crippen LogP contribution is 2.40. The Morgan fingerprint density at radius 1 is 1.30 bits per heavy atom. The zero-order valence-corrected chi connectivity index (χ0v) is 16.6. The fourth-order valence-electron chi connectivity index (χ4n) is 4.37. The number of thiazole rings is 1. The van der Waals surface area contributed by atoms with Gasteiger partial charge in [-0.25, -0.2) is 4.98 Å². The summed E-state index contributed by atoms with van der Waals surface area (Å²) in [6.45, 7) is 6.68. The number of benzene rings is 1. The van der Waals surface area contributed by atoms with Gasteiger partial charge in [-0.15, -0.1) is 0 Å². The Kier molecular flexibility index (Phi) is 3.74. The first-order valence-corrected chi connectivity index (χ1v) is 10.1. The number of carbonyl (C=O) groups is 1. The molecule has 0 fully saturated rings. The summed E-state index contributed by atoms with van der Waals surface area (Å²) in [4.78, 5) is 19.2. The van der Waals surface area contributed by atoms with Gasteiger partial charge in [-0.05, 0) is 54.4 Å². The molecule has 0 saturated carbocycles. The molecule has 0 atom stereocenters. The molecular formula is C21H22N4OS. The van der Waals surface area contributed by atoms with Crippen LogP contribution in [0.5, 0.6) is 0 Å². The van der Waals surface area contributed by atoms with Gasteiger partial charge in [-0.1, -0.05) is 11.3 Å². The van der Waals surface area contributed by atoms with Gasteiger partial charge in [0.25, 0.3) is 0 Å². The van der Waals surface area contributed by atoms with E-state index in [0.717, 1.165) is 30.9 Å². The maximum absolute atomic E-state index is 11.3. The van der Waals surface area contributed by atoms with Crippen molar-refractivity contribution in [2.24, 2.45) is 0 Å². The number of hydrogen-bond donors (Lipinski definition) is 1. The second-order valence-electron chi connectivity index (χ2n) is 7.63. The van der Waals surface area contributed by atoms with Crippen LogP contribution in [0.2, 0.25) is 0 Å². The van der Waals surface area contributed by atoms with Crippen LogP contribution in [0.4, 0.5) is 5.13 Å². The van der Waals surface area contributed by atoms with E-state index in [1.165, 1.54) is 45.8 Å². The second kappa shape index (κ2) is 6.04. The third-order valence-electron chi connectivity index (χ3n) is 5.47. The summed E-state index contributed by atoms with van der Waals surface area (Å²) in [7, 11) is 2.20. The van der Waals surface area contributed by atoms with Gasteiger partial charge < -0.3 is 14.8 Å². The van der Waals surface area contributed by atoms with Gasteiger partial charge >= 0.3 is 0 Å². The lowest BCUT2D eigenvalue weighted by Gasteiger charge is -2.25. The molecule has 0 aliphatic carbocycles. The fraction of sp³-hybridized carbons (Fsp3) is 0.333. The van der Waals surface area contributed by atoms with Crippen molar-refractivity contribution in [2.45, 2.75) is 33.4 Å². The van der Waals surface area contributed by atoms with E-state index in [1.807, 2.05) is 6.20 Å². The molecule has 4 heterocycles. The first-order chi connectivity index (χ1) is 13.0. The predicted octanol–water partition coefficient (Wildman–Crippen LogP) is 3.91. The molecule has 1 amide bonds. The number of allylic oxidation sites excluding steroid dienone is 1. The number of carbonyl (C=O) groups excluding carboxylic acids is 1. The Bertz CT molecular complexity index is 1120. The standard InChI is InChI=1S/C21H22N4OS/c1-12-6-14-8-15(19-9-22-21(27-19)23-13(2)26)10-25-18-4-5-24(3)11-17(18)16(7-12)20(14)25/h6-9H,4-5,10-11H2,1-3H3,(H,22,23,26). The Balaban J connectivity index is 1.64. The number of hydrogen-bond acceptors (Lipinski definition) is 4. The lowest BCUT2D eigenvalue weighted by molar-refractivity contribution is -0.114. The van der Waals surface area contributed by atoms with Crippen molar-refractivity contribution < 1.29 is 4.79 Å². The zero-order valence-electron chi connectivity index (χ0n) is 15.8. The fourth-order valence-corrected chi connectivity index (χ4v) is 5.24. The van der Waals surface area contributed by atoms with Crippen molar-refractivity contribution in [2.75, 3.05) is 18.9 Å². The predicted molar refractivity (Wildman–Crippen MR) is 111 cm³/mol. The molecule has 1 N–H and O–H groups in total. The maximum atomic E-state index is 11.3. The van der Waals surface area contributed by atoms with Gasteiger partial charge in [0.15, 0.2) is 5.13 Å². The first-order valence-electron chi connectivity index (χ1n) is 9.27. The molecule has 2 aliphatic heterocycles. The Hall–Kier alpha value is -2.44. The highest BCUT2D eigenvalue weighted by molar-refractivity contribution is 7.16. The molecule has 5 nitrogen and oxygen atoms in total. The normalized spacial score (nSPS) is 16.3. The van der Waals surface area contributed by atoms with Crippen LogP contribution < -0.4 is 5.32 Å². The molecule has 2 aliphatic rings. The number of nitrogens with zero attached hydrogens (tertiary/aromatic N) is 3. The molecule has 1 aromatic carbocycles. The molecule has 6 heteroatoms. The summed E-state index contributed by atoms with van der Waals surface area (Å²) < 4.78 is 2.51. The molecule has 0 saturated heterocycles. The Labute approximate surface area is 162 Å². The van der Waals surface area contributed by atoms with E-state index in [1.54, 1.807) is 11.3 Å². The third-order valence-corrected chi connectivity index (χ3v) is 6.46. The summed E-state index contributed by atoms with van der Waals surface area (Å²) >= 11 is 1.54. The van der Waals surface area contributed by atoms with Crippen LogP contribution in [0, 0.1) is 6.92 Å². The second-order valence-corrected chi connectivity index (χ2v) is 8.66. The molecule has 27 heavy (non-hydrogen) atoms. The minimum absolute atomic E-state index is 0.0835. The number of amides is 1. The van der Waals surface area contributed by atoms with Crippen molar-refractivity contribution in [3.63, 3.8) is 0 Å². The number of fused-ring (bicyclic) bond motifs is 3. The minimum Gasteiger partial charge on any atom is -0.339 e. The summed E-state index contributed by atoms with van der Waals surface area (Å²) in [5.74, 6) is -0.0835. The SMILES string of the molecule is CC(=O)Nc1ncc(C2=Cc3cc(C)cc4c5c(n(c34)C2)CCN(C)C5)s1. The Morgan fingerprint density at radius 2 is 2.15 bits per heavy atom.